The number of aromatic nitrogens is 1. The van der Waals surface area contributed by atoms with Crippen molar-refractivity contribution in [3.63, 3.8) is 0 Å². The van der Waals surface area contributed by atoms with Gasteiger partial charge in [0.05, 0.1) is 16.6 Å². The molecule has 0 aliphatic carbocycles. The first-order chi connectivity index (χ1) is 11.8. The molecular formula is C18H28N2O5Si. The highest BCUT2D eigenvalue weighted by Gasteiger charge is 2.48. The van der Waals surface area contributed by atoms with Gasteiger partial charge in [0.1, 0.15) is 23.7 Å². The molecule has 1 aromatic rings. The van der Waals surface area contributed by atoms with Gasteiger partial charge in [-0.3, -0.25) is 15.1 Å². The molecule has 0 aromatic carbocycles. The van der Waals surface area contributed by atoms with Crippen molar-refractivity contribution in [3.05, 3.63) is 40.2 Å². The second-order valence-corrected chi connectivity index (χ2v) is 13.2. The first-order valence-corrected chi connectivity index (χ1v) is 11.6. The van der Waals surface area contributed by atoms with E-state index in [0.29, 0.717) is 11.3 Å². The molecule has 0 saturated heterocycles. The number of pyridine rings is 1. The molecule has 0 amide bonds. The highest BCUT2D eigenvalue weighted by molar-refractivity contribution is 6.74. The first-order valence-electron chi connectivity index (χ1n) is 8.65. The summed E-state index contributed by atoms with van der Waals surface area (Å²) in [6.45, 7) is 14.0. The average Bonchev–Trinajstić information content (AvgIpc) is 2.50. The van der Waals surface area contributed by atoms with Crippen LogP contribution in [0.3, 0.4) is 0 Å². The molecule has 3 atom stereocenters. The summed E-state index contributed by atoms with van der Waals surface area (Å²) in [5.74, 6) is 0.335. The van der Waals surface area contributed by atoms with E-state index >= 15 is 0 Å². The molecule has 1 aliphatic rings. The van der Waals surface area contributed by atoms with Crippen LogP contribution in [0.2, 0.25) is 18.1 Å². The Hall–Kier alpha value is -1.77. The first kappa shape index (κ1) is 20.5. The highest BCUT2D eigenvalue weighted by atomic mass is 28.4. The number of hydrogen-bond acceptors (Lipinski definition) is 6. The number of ether oxygens (including phenoxy) is 1. The lowest BCUT2D eigenvalue weighted by molar-refractivity contribution is -0.385. The summed E-state index contributed by atoms with van der Waals surface area (Å²) >= 11 is 0. The monoisotopic (exact) mass is 380 g/mol. The second-order valence-electron chi connectivity index (χ2n) is 8.47. The van der Waals surface area contributed by atoms with Crippen molar-refractivity contribution in [1.82, 2.24) is 4.98 Å². The van der Waals surface area contributed by atoms with Gasteiger partial charge in [-0.25, -0.2) is 0 Å². The molecule has 2 rings (SSSR count). The molecule has 144 valence electrons. The lowest BCUT2D eigenvalue weighted by Gasteiger charge is -2.46. The van der Waals surface area contributed by atoms with E-state index in [9.17, 15) is 15.2 Å². The summed E-state index contributed by atoms with van der Waals surface area (Å²) in [6, 6.07) is 1.54. The van der Waals surface area contributed by atoms with Crippen molar-refractivity contribution in [1.29, 1.82) is 0 Å². The van der Waals surface area contributed by atoms with Gasteiger partial charge in [-0.15, -0.1) is 0 Å². The fraction of sp³-hybridized carbons (Fsp3) is 0.611. The molecule has 3 unspecified atom stereocenters. The third-order valence-electron chi connectivity index (χ3n) is 5.50. The van der Waals surface area contributed by atoms with Crippen LogP contribution in [0.15, 0.2) is 24.5 Å². The Balaban J connectivity index is 2.50. The van der Waals surface area contributed by atoms with Gasteiger partial charge in [0.25, 0.3) is 5.69 Å². The zero-order valence-corrected chi connectivity index (χ0v) is 17.4. The Morgan fingerprint density at radius 2 is 2.04 bits per heavy atom. The van der Waals surface area contributed by atoms with Gasteiger partial charge in [0, 0.05) is 6.20 Å². The van der Waals surface area contributed by atoms with Gasteiger partial charge in [-0.05, 0) is 44.1 Å². The maximum atomic E-state index is 11.3. The van der Waals surface area contributed by atoms with Gasteiger partial charge in [0.2, 0.25) is 0 Å². The summed E-state index contributed by atoms with van der Waals surface area (Å²) in [5.41, 5.74) is -1.06. The minimum atomic E-state index is -2.18. The van der Waals surface area contributed by atoms with Crippen LogP contribution in [-0.2, 0) is 9.16 Å². The molecule has 7 nitrogen and oxygen atoms in total. The third kappa shape index (κ3) is 3.82. The molecule has 0 saturated carbocycles. The summed E-state index contributed by atoms with van der Waals surface area (Å²) in [4.78, 5) is 14.7. The van der Waals surface area contributed by atoms with Gasteiger partial charge in [-0.1, -0.05) is 20.8 Å². The van der Waals surface area contributed by atoms with Crippen LogP contribution in [0.25, 0.3) is 5.76 Å². The molecule has 1 aromatic heterocycles. The van der Waals surface area contributed by atoms with Crippen molar-refractivity contribution in [2.75, 3.05) is 0 Å². The van der Waals surface area contributed by atoms with Crippen LogP contribution >= 0.6 is 0 Å². The molecule has 8 heteroatoms. The van der Waals surface area contributed by atoms with E-state index in [-0.39, 0.29) is 10.7 Å². The van der Waals surface area contributed by atoms with Crippen LogP contribution < -0.4 is 0 Å². The normalized spacial score (nSPS) is 26.8. The Morgan fingerprint density at radius 1 is 1.42 bits per heavy atom. The van der Waals surface area contributed by atoms with E-state index in [1.165, 1.54) is 12.4 Å². The lowest BCUT2D eigenvalue weighted by atomic mass is 9.89. The van der Waals surface area contributed by atoms with Gasteiger partial charge >= 0.3 is 0 Å². The van der Waals surface area contributed by atoms with E-state index in [1.54, 1.807) is 26.0 Å². The quantitative estimate of drug-likeness (QED) is 0.484. The van der Waals surface area contributed by atoms with Crippen LogP contribution in [0.1, 0.15) is 40.2 Å². The lowest BCUT2D eigenvalue weighted by Crippen LogP contribution is -2.57. The van der Waals surface area contributed by atoms with Gasteiger partial charge in [-0.2, -0.15) is 0 Å². The SMILES string of the molecule is CC1OC(c2ccncc2[N+](=O)[O-])=CC(O[Si](C)(C)C(C)(C)C)C1(C)O. The fourth-order valence-corrected chi connectivity index (χ4v) is 3.72. The summed E-state index contributed by atoms with van der Waals surface area (Å²) < 4.78 is 12.3. The molecule has 0 spiro atoms. The summed E-state index contributed by atoms with van der Waals surface area (Å²) in [5, 5.41) is 22.2. The minimum Gasteiger partial charge on any atom is -0.487 e. The largest absolute Gasteiger partial charge is 0.487 e. The van der Waals surface area contributed by atoms with E-state index < -0.39 is 31.0 Å². The van der Waals surface area contributed by atoms with Crippen LogP contribution in [0.4, 0.5) is 5.69 Å². The summed E-state index contributed by atoms with van der Waals surface area (Å²) in [7, 11) is -2.18. The standard InChI is InChI=1S/C18H28N2O5Si/c1-12-18(5,21)16(25-26(6,7)17(2,3)4)10-15(24-12)13-8-9-19-11-14(13)20(22)23/h8-12,16,21H,1-7H3. The van der Waals surface area contributed by atoms with Crippen molar-refractivity contribution in [3.8, 4) is 0 Å². The number of hydrogen-bond donors (Lipinski definition) is 1. The predicted octanol–water partition coefficient (Wildman–Crippen LogP) is 3.89. The second kappa shape index (κ2) is 6.75. The van der Waals surface area contributed by atoms with Crippen molar-refractivity contribution >= 4 is 19.8 Å². The van der Waals surface area contributed by atoms with Crippen molar-refractivity contribution < 1.29 is 19.2 Å². The molecule has 0 radical (unpaired) electrons. The number of aliphatic hydroxyl groups is 1. The molecule has 0 bridgehead atoms. The number of nitro groups is 1. The Labute approximate surface area is 155 Å². The number of rotatable bonds is 4. The highest BCUT2D eigenvalue weighted by Crippen LogP contribution is 2.42. The summed E-state index contributed by atoms with van der Waals surface area (Å²) in [6.07, 6.45) is 3.11. The van der Waals surface area contributed by atoms with E-state index in [2.05, 4.69) is 38.8 Å². The molecule has 0 fully saturated rings. The molecule has 1 aliphatic heterocycles. The zero-order valence-electron chi connectivity index (χ0n) is 16.4. The maximum absolute atomic E-state index is 11.3. The molecule has 26 heavy (non-hydrogen) atoms. The smallest absolute Gasteiger partial charge is 0.298 e. The van der Waals surface area contributed by atoms with Gasteiger partial charge < -0.3 is 14.3 Å². The van der Waals surface area contributed by atoms with Crippen molar-refractivity contribution in [2.24, 2.45) is 0 Å². The van der Waals surface area contributed by atoms with Gasteiger partial charge in [0.15, 0.2) is 8.32 Å². The number of nitrogens with zero attached hydrogens (tertiary/aromatic N) is 2. The maximum Gasteiger partial charge on any atom is 0.298 e. The minimum absolute atomic E-state index is 0.0404. The van der Waals surface area contributed by atoms with E-state index in [0.717, 1.165) is 0 Å². The van der Waals surface area contributed by atoms with Crippen LogP contribution in [0.5, 0.6) is 0 Å². The molecule has 2 heterocycles. The Kier molecular flexibility index (Phi) is 5.33. The fourth-order valence-electron chi connectivity index (χ4n) is 2.43. The average molecular weight is 381 g/mol. The Morgan fingerprint density at radius 3 is 2.58 bits per heavy atom. The zero-order chi connectivity index (χ0) is 19.9. The molecule has 1 N–H and O–H groups in total. The van der Waals surface area contributed by atoms with Crippen molar-refractivity contribution in [2.45, 2.75) is 70.6 Å². The van der Waals surface area contributed by atoms with E-state index in [1.807, 2.05) is 0 Å². The predicted molar refractivity (Wildman–Crippen MR) is 102 cm³/mol. The van der Waals surface area contributed by atoms with E-state index in [4.69, 9.17) is 9.16 Å². The third-order valence-corrected chi connectivity index (χ3v) is 9.95. The van der Waals surface area contributed by atoms with Crippen LogP contribution in [0, 0.1) is 10.1 Å². The topological polar surface area (TPSA) is 94.7 Å². The van der Waals surface area contributed by atoms with Crippen LogP contribution in [-0.4, -0.2) is 41.1 Å². The Bertz CT molecular complexity index is 725. The molecular weight excluding hydrogens is 352 g/mol.